The molecular weight excluding hydrogens is 314 g/mol. The highest BCUT2D eigenvalue weighted by Crippen LogP contribution is 2.26. The standard InChI is InChI=1S/C20H29N3O2/c1-22-17-11-5-6-12-18(17)23(20(22)25)15-13-19(24)21-14-7-10-16-8-3-2-4-9-16/h5-6,11-12,16H,2-4,7-10,13-15H2,1H3,(H,21,24). The number of para-hydroxylation sites is 2. The topological polar surface area (TPSA) is 56.0 Å². The molecule has 0 saturated heterocycles. The SMILES string of the molecule is Cn1c(=O)n(CCC(=O)NCCCC2CCCCC2)c2ccccc21. The van der Waals surface area contributed by atoms with Crippen molar-refractivity contribution in [3.63, 3.8) is 0 Å². The lowest BCUT2D eigenvalue weighted by atomic mass is 9.86. The molecule has 0 spiro atoms. The third kappa shape index (κ3) is 4.33. The number of carbonyl (C=O) groups excluding carboxylic acids is 1. The molecule has 1 heterocycles. The van der Waals surface area contributed by atoms with Gasteiger partial charge in [-0.05, 0) is 30.9 Å². The van der Waals surface area contributed by atoms with Crippen LogP contribution >= 0.6 is 0 Å². The van der Waals surface area contributed by atoms with E-state index in [1.54, 1.807) is 16.2 Å². The van der Waals surface area contributed by atoms with Crippen LogP contribution in [-0.4, -0.2) is 21.6 Å². The minimum Gasteiger partial charge on any atom is -0.356 e. The number of aryl methyl sites for hydroxylation is 2. The highest BCUT2D eigenvalue weighted by atomic mass is 16.2. The lowest BCUT2D eigenvalue weighted by molar-refractivity contribution is -0.121. The van der Waals surface area contributed by atoms with Crippen molar-refractivity contribution < 1.29 is 4.79 Å². The van der Waals surface area contributed by atoms with Gasteiger partial charge in [0.2, 0.25) is 5.91 Å². The van der Waals surface area contributed by atoms with Crippen molar-refractivity contribution in [3.05, 3.63) is 34.7 Å². The van der Waals surface area contributed by atoms with Crippen LogP contribution in [0.15, 0.2) is 29.1 Å². The predicted octanol–water partition coefficient (Wildman–Crippen LogP) is 3.21. The van der Waals surface area contributed by atoms with E-state index in [9.17, 15) is 9.59 Å². The van der Waals surface area contributed by atoms with E-state index in [-0.39, 0.29) is 11.6 Å². The number of aromatic nitrogens is 2. The Kier molecular flexibility index (Phi) is 5.95. The molecule has 0 atom stereocenters. The monoisotopic (exact) mass is 343 g/mol. The zero-order valence-electron chi connectivity index (χ0n) is 15.2. The van der Waals surface area contributed by atoms with Crippen molar-refractivity contribution >= 4 is 16.9 Å². The summed E-state index contributed by atoms with van der Waals surface area (Å²) < 4.78 is 3.33. The zero-order chi connectivity index (χ0) is 17.6. The van der Waals surface area contributed by atoms with Crippen LogP contribution in [0.1, 0.15) is 51.4 Å². The van der Waals surface area contributed by atoms with Crippen molar-refractivity contribution in [3.8, 4) is 0 Å². The maximum absolute atomic E-state index is 12.3. The van der Waals surface area contributed by atoms with Gasteiger partial charge in [0.1, 0.15) is 0 Å². The molecule has 1 aromatic heterocycles. The second-order valence-electron chi connectivity index (χ2n) is 7.23. The molecule has 1 aromatic carbocycles. The summed E-state index contributed by atoms with van der Waals surface area (Å²) >= 11 is 0. The van der Waals surface area contributed by atoms with Gasteiger partial charge in [-0.3, -0.25) is 13.9 Å². The first-order valence-corrected chi connectivity index (χ1v) is 9.58. The molecule has 136 valence electrons. The lowest BCUT2D eigenvalue weighted by Gasteiger charge is -2.21. The normalized spacial score (nSPS) is 15.6. The zero-order valence-corrected chi connectivity index (χ0v) is 15.2. The average molecular weight is 343 g/mol. The highest BCUT2D eigenvalue weighted by molar-refractivity contribution is 5.77. The summed E-state index contributed by atoms with van der Waals surface area (Å²) in [6, 6.07) is 7.70. The number of nitrogens with one attached hydrogen (secondary N) is 1. The fourth-order valence-corrected chi connectivity index (χ4v) is 3.98. The van der Waals surface area contributed by atoms with Crippen LogP contribution in [0.2, 0.25) is 0 Å². The van der Waals surface area contributed by atoms with Crippen LogP contribution in [0, 0.1) is 5.92 Å². The second-order valence-corrected chi connectivity index (χ2v) is 7.23. The van der Waals surface area contributed by atoms with Crippen LogP contribution < -0.4 is 11.0 Å². The Labute approximate surface area is 149 Å². The maximum Gasteiger partial charge on any atom is 0.328 e. The molecule has 0 bridgehead atoms. The van der Waals surface area contributed by atoms with E-state index in [0.717, 1.165) is 29.9 Å². The van der Waals surface area contributed by atoms with E-state index < -0.39 is 0 Å². The van der Waals surface area contributed by atoms with Gasteiger partial charge in [-0.15, -0.1) is 0 Å². The Hall–Kier alpha value is -2.04. The van der Waals surface area contributed by atoms with E-state index in [2.05, 4.69) is 5.32 Å². The summed E-state index contributed by atoms with van der Waals surface area (Å²) in [5.74, 6) is 0.892. The first-order valence-electron chi connectivity index (χ1n) is 9.58. The van der Waals surface area contributed by atoms with E-state index in [0.29, 0.717) is 13.0 Å². The molecule has 25 heavy (non-hydrogen) atoms. The number of hydrogen-bond donors (Lipinski definition) is 1. The third-order valence-corrected chi connectivity index (χ3v) is 5.45. The molecule has 0 unspecified atom stereocenters. The minimum atomic E-state index is -0.0636. The Morgan fingerprint density at radius 2 is 1.88 bits per heavy atom. The summed E-state index contributed by atoms with van der Waals surface area (Å²) in [5.41, 5.74) is 1.73. The van der Waals surface area contributed by atoms with E-state index in [4.69, 9.17) is 0 Å². The third-order valence-electron chi connectivity index (χ3n) is 5.45. The van der Waals surface area contributed by atoms with Gasteiger partial charge in [0, 0.05) is 26.6 Å². The van der Waals surface area contributed by atoms with Crippen molar-refractivity contribution in [2.45, 2.75) is 57.9 Å². The van der Waals surface area contributed by atoms with Crippen LogP contribution in [0.3, 0.4) is 0 Å². The number of amides is 1. The van der Waals surface area contributed by atoms with Crippen molar-refractivity contribution in [1.82, 2.24) is 14.5 Å². The number of fused-ring (bicyclic) bond motifs is 1. The number of hydrogen-bond acceptors (Lipinski definition) is 2. The number of carbonyl (C=O) groups is 1. The highest BCUT2D eigenvalue weighted by Gasteiger charge is 2.13. The maximum atomic E-state index is 12.3. The van der Waals surface area contributed by atoms with Crippen LogP contribution in [0.25, 0.3) is 11.0 Å². The van der Waals surface area contributed by atoms with Gasteiger partial charge in [-0.25, -0.2) is 4.79 Å². The summed E-state index contributed by atoms with van der Waals surface area (Å²) in [6.07, 6.45) is 9.48. The Morgan fingerprint density at radius 3 is 2.64 bits per heavy atom. The molecule has 1 saturated carbocycles. The largest absolute Gasteiger partial charge is 0.356 e. The van der Waals surface area contributed by atoms with Gasteiger partial charge in [0.25, 0.3) is 0 Å². The molecule has 1 fully saturated rings. The van der Waals surface area contributed by atoms with E-state index in [1.165, 1.54) is 38.5 Å². The van der Waals surface area contributed by atoms with Crippen molar-refractivity contribution in [1.29, 1.82) is 0 Å². The number of benzene rings is 1. The van der Waals surface area contributed by atoms with Gasteiger partial charge < -0.3 is 5.32 Å². The quantitative estimate of drug-likeness (QED) is 0.785. The van der Waals surface area contributed by atoms with E-state index in [1.807, 2.05) is 24.3 Å². The summed E-state index contributed by atoms with van der Waals surface area (Å²) in [4.78, 5) is 24.4. The summed E-state index contributed by atoms with van der Waals surface area (Å²) in [6.45, 7) is 1.18. The smallest absolute Gasteiger partial charge is 0.328 e. The fourth-order valence-electron chi connectivity index (χ4n) is 3.98. The molecule has 1 aliphatic carbocycles. The Balaban J connectivity index is 1.45. The van der Waals surface area contributed by atoms with Gasteiger partial charge in [-0.1, -0.05) is 44.2 Å². The summed E-state index contributed by atoms with van der Waals surface area (Å²) in [5, 5.41) is 3.01. The first kappa shape index (κ1) is 17.8. The molecule has 1 amide bonds. The van der Waals surface area contributed by atoms with Gasteiger partial charge in [0.15, 0.2) is 0 Å². The Morgan fingerprint density at radius 1 is 1.16 bits per heavy atom. The minimum absolute atomic E-state index is 0.0310. The van der Waals surface area contributed by atoms with Crippen molar-refractivity contribution in [2.24, 2.45) is 13.0 Å². The lowest BCUT2D eigenvalue weighted by Crippen LogP contribution is -2.28. The van der Waals surface area contributed by atoms with Crippen LogP contribution in [0.4, 0.5) is 0 Å². The molecular formula is C20H29N3O2. The molecule has 3 rings (SSSR count). The number of imidazole rings is 1. The average Bonchev–Trinajstić information content (AvgIpc) is 2.89. The van der Waals surface area contributed by atoms with E-state index >= 15 is 0 Å². The number of nitrogens with zero attached hydrogens (tertiary/aromatic N) is 2. The molecule has 1 aliphatic rings. The summed E-state index contributed by atoms with van der Waals surface area (Å²) in [7, 11) is 1.77. The van der Waals surface area contributed by atoms with Crippen LogP contribution in [-0.2, 0) is 18.4 Å². The Bertz CT molecular complexity index is 769. The van der Waals surface area contributed by atoms with Gasteiger partial charge in [-0.2, -0.15) is 0 Å². The number of rotatable bonds is 7. The van der Waals surface area contributed by atoms with Crippen molar-refractivity contribution in [2.75, 3.05) is 6.54 Å². The molecule has 2 aromatic rings. The molecule has 0 aliphatic heterocycles. The fraction of sp³-hybridized carbons (Fsp3) is 0.600. The molecule has 0 radical (unpaired) electrons. The molecule has 5 heteroatoms. The van der Waals surface area contributed by atoms with Gasteiger partial charge in [0.05, 0.1) is 11.0 Å². The van der Waals surface area contributed by atoms with Gasteiger partial charge >= 0.3 is 5.69 Å². The van der Waals surface area contributed by atoms with Crippen LogP contribution in [0.5, 0.6) is 0 Å². The first-order chi connectivity index (χ1) is 12.2. The predicted molar refractivity (Wildman–Crippen MR) is 101 cm³/mol. The second kappa shape index (κ2) is 8.37. The molecule has 5 nitrogen and oxygen atoms in total. The molecule has 1 N–H and O–H groups in total.